The number of urea groups is 1. The first-order chi connectivity index (χ1) is 18.5. The molecular formula is C26H31ClF4N6O2. The van der Waals surface area contributed by atoms with E-state index in [1.807, 2.05) is 4.90 Å². The molecular weight excluding hydrogens is 540 g/mol. The van der Waals surface area contributed by atoms with Crippen molar-refractivity contribution in [3.8, 4) is 0 Å². The van der Waals surface area contributed by atoms with Gasteiger partial charge in [0.15, 0.2) is 0 Å². The molecule has 4 N–H and O–H groups in total. The van der Waals surface area contributed by atoms with E-state index in [2.05, 4.69) is 10.6 Å². The summed E-state index contributed by atoms with van der Waals surface area (Å²) in [6.45, 7) is 2.81. The SMILES string of the molecule is N[C@@H]1CCN(C(=O)NCc2ccc(C(=O)Nc3ccc(Cl)cc3N3CCN(CCC(F)(F)F)CC3)c(F)c2)C1. The predicted molar refractivity (Wildman–Crippen MR) is 142 cm³/mol. The van der Waals surface area contributed by atoms with Crippen LogP contribution >= 0.6 is 11.6 Å². The van der Waals surface area contributed by atoms with Gasteiger partial charge in [-0.2, -0.15) is 13.2 Å². The molecule has 1 atom stereocenters. The molecule has 0 unspecified atom stereocenters. The minimum absolute atomic E-state index is 0.0416. The maximum absolute atomic E-state index is 14.9. The lowest BCUT2D eigenvalue weighted by Gasteiger charge is -2.37. The number of carbonyl (C=O) groups excluding carboxylic acids is 2. The number of carbonyl (C=O) groups is 2. The second-order valence-corrected chi connectivity index (χ2v) is 10.2. The molecule has 0 bridgehead atoms. The second kappa shape index (κ2) is 12.4. The molecule has 2 aromatic carbocycles. The van der Waals surface area contributed by atoms with Gasteiger partial charge in [-0.1, -0.05) is 17.7 Å². The highest BCUT2D eigenvalue weighted by molar-refractivity contribution is 6.31. The molecule has 2 saturated heterocycles. The molecule has 212 valence electrons. The van der Waals surface area contributed by atoms with Gasteiger partial charge in [0.25, 0.3) is 5.91 Å². The Labute approximate surface area is 229 Å². The highest BCUT2D eigenvalue weighted by Crippen LogP contribution is 2.31. The van der Waals surface area contributed by atoms with Crippen molar-refractivity contribution in [1.29, 1.82) is 0 Å². The lowest BCUT2D eigenvalue weighted by Crippen LogP contribution is -2.47. The summed E-state index contributed by atoms with van der Waals surface area (Å²) in [4.78, 5) is 30.5. The number of hydrogen-bond acceptors (Lipinski definition) is 5. The summed E-state index contributed by atoms with van der Waals surface area (Å²) in [5.74, 6) is -1.40. The fourth-order valence-corrected chi connectivity index (χ4v) is 4.84. The van der Waals surface area contributed by atoms with E-state index in [1.54, 1.807) is 34.1 Å². The van der Waals surface area contributed by atoms with Gasteiger partial charge < -0.3 is 26.2 Å². The van der Waals surface area contributed by atoms with Gasteiger partial charge in [0.1, 0.15) is 5.82 Å². The Hall–Kier alpha value is -3.09. The summed E-state index contributed by atoms with van der Waals surface area (Å²) in [5.41, 5.74) is 7.16. The van der Waals surface area contributed by atoms with Crippen molar-refractivity contribution < 1.29 is 27.2 Å². The number of piperazine rings is 1. The summed E-state index contributed by atoms with van der Waals surface area (Å²) >= 11 is 6.19. The van der Waals surface area contributed by atoms with E-state index >= 15 is 0 Å². The standard InChI is InChI=1S/C26H31ClF4N6O2/c27-18-2-4-22(23(14-18)36-11-9-35(10-12-36)8-6-26(29,30)31)34-24(38)20-3-1-17(13-21(20)28)15-33-25(39)37-7-5-19(32)16-37/h1-4,13-14,19H,5-12,15-16,32H2,(H,33,39)(H,34,38)/t19-/m1/s1. The highest BCUT2D eigenvalue weighted by Gasteiger charge is 2.29. The molecule has 2 aliphatic rings. The first kappa shape index (κ1) is 28.9. The van der Waals surface area contributed by atoms with Crippen LogP contribution in [0.15, 0.2) is 36.4 Å². The number of nitrogens with one attached hydrogen (secondary N) is 2. The summed E-state index contributed by atoms with van der Waals surface area (Å²) in [5, 5.41) is 5.89. The Balaban J connectivity index is 1.37. The predicted octanol–water partition coefficient (Wildman–Crippen LogP) is 4.05. The summed E-state index contributed by atoms with van der Waals surface area (Å²) in [7, 11) is 0. The third kappa shape index (κ3) is 7.96. The summed E-state index contributed by atoms with van der Waals surface area (Å²) in [6, 6.07) is 8.67. The molecule has 39 heavy (non-hydrogen) atoms. The molecule has 2 aromatic rings. The van der Waals surface area contributed by atoms with E-state index in [-0.39, 0.29) is 30.7 Å². The summed E-state index contributed by atoms with van der Waals surface area (Å²) < 4.78 is 52.6. The lowest BCUT2D eigenvalue weighted by molar-refractivity contribution is -0.138. The Bertz CT molecular complexity index is 1190. The topological polar surface area (TPSA) is 93.9 Å². The van der Waals surface area contributed by atoms with Crippen LogP contribution in [0.25, 0.3) is 0 Å². The highest BCUT2D eigenvalue weighted by atomic mass is 35.5. The molecule has 0 saturated carbocycles. The largest absolute Gasteiger partial charge is 0.390 e. The van der Waals surface area contributed by atoms with E-state index in [0.717, 1.165) is 6.42 Å². The molecule has 0 aromatic heterocycles. The van der Waals surface area contributed by atoms with Crippen LogP contribution in [0.5, 0.6) is 0 Å². The van der Waals surface area contributed by atoms with Gasteiger partial charge in [-0.15, -0.1) is 0 Å². The maximum Gasteiger partial charge on any atom is 0.390 e. The zero-order valence-corrected chi connectivity index (χ0v) is 22.0. The van der Waals surface area contributed by atoms with Gasteiger partial charge in [-0.05, 0) is 42.3 Å². The van der Waals surface area contributed by atoms with Crippen molar-refractivity contribution in [3.63, 3.8) is 0 Å². The maximum atomic E-state index is 14.9. The van der Waals surface area contributed by atoms with E-state index in [4.69, 9.17) is 17.3 Å². The van der Waals surface area contributed by atoms with Gasteiger partial charge in [-0.3, -0.25) is 9.69 Å². The quantitative estimate of drug-likeness (QED) is 0.437. The Kier molecular flexibility index (Phi) is 9.19. The molecule has 2 heterocycles. The second-order valence-electron chi connectivity index (χ2n) is 9.78. The van der Waals surface area contributed by atoms with Gasteiger partial charge in [0, 0.05) is 63.4 Å². The molecule has 4 rings (SSSR count). The van der Waals surface area contributed by atoms with Crippen LogP contribution in [-0.4, -0.2) is 79.8 Å². The number of halogens is 5. The van der Waals surface area contributed by atoms with Crippen LogP contribution in [0.1, 0.15) is 28.8 Å². The first-order valence-corrected chi connectivity index (χ1v) is 13.1. The van der Waals surface area contributed by atoms with Crippen LogP contribution in [0.2, 0.25) is 5.02 Å². The molecule has 8 nitrogen and oxygen atoms in total. The number of nitrogens with two attached hydrogens (primary N) is 1. The van der Waals surface area contributed by atoms with E-state index in [0.29, 0.717) is 61.2 Å². The number of nitrogens with zero attached hydrogens (tertiary/aromatic N) is 3. The number of alkyl halides is 3. The van der Waals surface area contributed by atoms with Gasteiger partial charge in [0.2, 0.25) is 0 Å². The molecule has 3 amide bonds. The minimum Gasteiger partial charge on any atom is -0.367 e. The van der Waals surface area contributed by atoms with Crippen LogP contribution in [0.3, 0.4) is 0 Å². The Morgan fingerprint density at radius 1 is 1.05 bits per heavy atom. The van der Waals surface area contributed by atoms with E-state index in [1.165, 1.54) is 12.1 Å². The van der Waals surface area contributed by atoms with Gasteiger partial charge in [0.05, 0.1) is 23.4 Å². The Morgan fingerprint density at radius 2 is 1.79 bits per heavy atom. The molecule has 2 fully saturated rings. The molecule has 0 aliphatic carbocycles. The fourth-order valence-electron chi connectivity index (χ4n) is 4.67. The van der Waals surface area contributed by atoms with Crippen LogP contribution < -0.4 is 21.3 Å². The van der Waals surface area contributed by atoms with E-state index in [9.17, 15) is 27.2 Å². The molecule has 13 heteroatoms. The number of hydrogen-bond donors (Lipinski definition) is 3. The lowest BCUT2D eigenvalue weighted by atomic mass is 10.1. The zero-order chi connectivity index (χ0) is 28.2. The van der Waals surface area contributed by atoms with Crippen LogP contribution in [-0.2, 0) is 6.54 Å². The fraction of sp³-hybridized carbons (Fsp3) is 0.462. The molecule has 2 aliphatic heterocycles. The molecule has 0 spiro atoms. The average Bonchev–Trinajstić information content (AvgIpc) is 3.33. The smallest absolute Gasteiger partial charge is 0.367 e. The minimum atomic E-state index is -4.20. The van der Waals surface area contributed by atoms with Crippen molar-refractivity contribution >= 4 is 34.9 Å². The monoisotopic (exact) mass is 570 g/mol. The average molecular weight is 571 g/mol. The normalized spacial score (nSPS) is 18.4. The zero-order valence-electron chi connectivity index (χ0n) is 21.2. The molecule has 0 radical (unpaired) electrons. The first-order valence-electron chi connectivity index (χ1n) is 12.7. The van der Waals surface area contributed by atoms with Gasteiger partial charge in [-0.25, -0.2) is 9.18 Å². The van der Waals surface area contributed by atoms with Crippen LogP contribution in [0.4, 0.5) is 33.7 Å². The van der Waals surface area contributed by atoms with Crippen molar-refractivity contribution in [1.82, 2.24) is 15.1 Å². The number of rotatable bonds is 7. The van der Waals surface area contributed by atoms with Crippen molar-refractivity contribution in [2.45, 2.75) is 31.6 Å². The van der Waals surface area contributed by atoms with Crippen molar-refractivity contribution in [2.75, 3.05) is 56.0 Å². The van der Waals surface area contributed by atoms with Crippen LogP contribution in [0, 0.1) is 5.82 Å². The van der Waals surface area contributed by atoms with E-state index < -0.39 is 24.3 Å². The Morgan fingerprint density at radius 3 is 2.44 bits per heavy atom. The third-order valence-corrected chi connectivity index (χ3v) is 7.10. The number of benzene rings is 2. The number of likely N-dealkylation sites (tertiary alicyclic amines) is 1. The van der Waals surface area contributed by atoms with Gasteiger partial charge >= 0.3 is 12.2 Å². The number of amides is 3. The number of anilines is 2. The van der Waals surface area contributed by atoms with Crippen molar-refractivity contribution in [2.24, 2.45) is 5.73 Å². The summed E-state index contributed by atoms with van der Waals surface area (Å²) in [6.07, 6.45) is -4.33. The van der Waals surface area contributed by atoms with Crippen molar-refractivity contribution in [3.05, 3.63) is 58.4 Å². The third-order valence-electron chi connectivity index (χ3n) is 6.87.